The highest BCUT2D eigenvalue weighted by Crippen LogP contribution is 2.25. The average molecular weight is 412 g/mol. The van der Waals surface area contributed by atoms with Crippen molar-refractivity contribution in [1.29, 1.82) is 0 Å². The van der Waals surface area contributed by atoms with Gasteiger partial charge in [-0.1, -0.05) is 32.0 Å². The molecule has 2 fully saturated rings. The molecule has 0 saturated carbocycles. The van der Waals surface area contributed by atoms with Crippen LogP contribution in [0.15, 0.2) is 30.5 Å². The Hall–Kier alpha value is -2.67. The summed E-state index contributed by atoms with van der Waals surface area (Å²) in [6.07, 6.45) is 2.74. The highest BCUT2D eigenvalue weighted by molar-refractivity contribution is 6.44. The lowest BCUT2D eigenvalue weighted by molar-refractivity contribution is -0.135. The van der Waals surface area contributed by atoms with Crippen molar-refractivity contribution in [1.82, 2.24) is 14.4 Å². The van der Waals surface area contributed by atoms with Gasteiger partial charge in [-0.05, 0) is 24.3 Å². The summed E-state index contributed by atoms with van der Waals surface area (Å²) in [6.45, 7) is 7.84. The Morgan fingerprint density at radius 2 is 1.67 bits per heavy atom. The van der Waals surface area contributed by atoms with Crippen molar-refractivity contribution >= 4 is 28.5 Å². The summed E-state index contributed by atoms with van der Waals surface area (Å²) in [6, 6.07) is 7.45. The molecule has 4 rings (SSSR count). The van der Waals surface area contributed by atoms with Gasteiger partial charge in [-0.3, -0.25) is 14.4 Å². The molecule has 0 bridgehead atoms. The minimum absolute atomic E-state index is 0.0111. The maximum absolute atomic E-state index is 13.2. The Morgan fingerprint density at radius 1 is 1.00 bits per heavy atom. The van der Waals surface area contributed by atoms with E-state index in [0.717, 1.165) is 11.9 Å². The van der Waals surface area contributed by atoms with Gasteiger partial charge in [0, 0.05) is 43.3 Å². The maximum Gasteiger partial charge on any atom is 0.295 e. The van der Waals surface area contributed by atoms with Crippen molar-refractivity contribution in [3.8, 4) is 0 Å². The number of ketones is 1. The number of piperidine rings is 1. The molecule has 0 radical (unpaired) electrons. The Balaban J connectivity index is 1.59. The second kappa shape index (κ2) is 8.60. The van der Waals surface area contributed by atoms with Crippen molar-refractivity contribution in [3.63, 3.8) is 0 Å². The minimum atomic E-state index is -0.495. The SMILES string of the molecule is C[C@@H]1C[C@H](C)CN(C(=O)C(=O)c2cn(CC(=O)N3CCOCC3)c3ccccc23)C1. The molecule has 1 aromatic heterocycles. The van der Waals surface area contributed by atoms with E-state index in [4.69, 9.17) is 4.74 Å². The lowest BCUT2D eigenvalue weighted by atomic mass is 9.91. The largest absolute Gasteiger partial charge is 0.378 e. The molecule has 7 heteroatoms. The third kappa shape index (κ3) is 4.12. The van der Waals surface area contributed by atoms with Gasteiger partial charge in [-0.2, -0.15) is 0 Å². The van der Waals surface area contributed by atoms with E-state index in [9.17, 15) is 14.4 Å². The number of amides is 2. The molecule has 0 N–H and O–H groups in total. The van der Waals surface area contributed by atoms with Gasteiger partial charge in [-0.15, -0.1) is 0 Å². The number of carbonyl (C=O) groups is 3. The third-order valence-corrected chi connectivity index (χ3v) is 6.05. The predicted octanol–water partition coefficient (Wildman–Crippen LogP) is 2.19. The molecule has 2 saturated heterocycles. The number of hydrogen-bond donors (Lipinski definition) is 0. The molecular weight excluding hydrogens is 382 g/mol. The number of fused-ring (bicyclic) bond motifs is 1. The van der Waals surface area contributed by atoms with Gasteiger partial charge in [0.1, 0.15) is 6.54 Å². The summed E-state index contributed by atoms with van der Waals surface area (Å²) in [5.41, 5.74) is 1.16. The highest BCUT2D eigenvalue weighted by atomic mass is 16.5. The molecule has 2 aliphatic heterocycles. The maximum atomic E-state index is 13.2. The van der Waals surface area contributed by atoms with Crippen molar-refractivity contribution < 1.29 is 19.1 Å². The molecule has 160 valence electrons. The fraction of sp³-hybridized carbons (Fsp3) is 0.522. The second-order valence-electron chi connectivity index (χ2n) is 8.67. The van der Waals surface area contributed by atoms with E-state index in [1.807, 2.05) is 24.3 Å². The average Bonchev–Trinajstić information content (AvgIpc) is 3.11. The smallest absolute Gasteiger partial charge is 0.295 e. The van der Waals surface area contributed by atoms with E-state index >= 15 is 0 Å². The number of hydrogen-bond acceptors (Lipinski definition) is 4. The number of carbonyl (C=O) groups excluding carboxylic acids is 3. The zero-order valence-electron chi connectivity index (χ0n) is 17.7. The molecule has 7 nitrogen and oxygen atoms in total. The van der Waals surface area contributed by atoms with Crippen LogP contribution in [-0.4, -0.2) is 71.4 Å². The molecule has 2 aromatic rings. The normalized spacial score (nSPS) is 22.3. The van der Waals surface area contributed by atoms with Gasteiger partial charge in [0.05, 0.1) is 18.8 Å². The first kappa shape index (κ1) is 20.6. The molecule has 0 spiro atoms. The quantitative estimate of drug-likeness (QED) is 0.571. The van der Waals surface area contributed by atoms with Crippen molar-refractivity contribution in [2.75, 3.05) is 39.4 Å². The minimum Gasteiger partial charge on any atom is -0.378 e. The molecule has 2 atom stereocenters. The van der Waals surface area contributed by atoms with Crippen LogP contribution < -0.4 is 0 Å². The molecule has 3 heterocycles. The van der Waals surface area contributed by atoms with E-state index in [1.165, 1.54) is 0 Å². The van der Waals surface area contributed by atoms with Crippen LogP contribution >= 0.6 is 0 Å². The van der Waals surface area contributed by atoms with Crippen molar-refractivity contribution in [2.24, 2.45) is 11.8 Å². The second-order valence-corrected chi connectivity index (χ2v) is 8.67. The van der Waals surface area contributed by atoms with Crippen LogP contribution in [0.3, 0.4) is 0 Å². The monoisotopic (exact) mass is 411 g/mol. The summed E-state index contributed by atoms with van der Waals surface area (Å²) < 4.78 is 7.10. The summed E-state index contributed by atoms with van der Waals surface area (Å²) in [7, 11) is 0. The molecule has 0 unspecified atom stereocenters. The van der Waals surface area contributed by atoms with Crippen LogP contribution in [0.1, 0.15) is 30.6 Å². The van der Waals surface area contributed by atoms with E-state index in [0.29, 0.717) is 62.2 Å². The van der Waals surface area contributed by atoms with Gasteiger partial charge in [0.25, 0.3) is 11.7 Å². The van der Waals surface area contributed by atoms with E-state index in [-0.39, 0.29) is 12.5 Å². The first-order valence-corrected chi connectivity index (χ1v) is 10.7. The number of rotatable bonds is 4. The first-order chi connectivity index (χ1) is 14.4. The number of likely N-dealkylation sites (tertiary alicyclic amines) is 1. The fourth-order valence-electron chi connectivity index (χ4n) is 4.70. The van der Waals surface area contributed by atoms with Crippen LogP contribution in [0.4, 0.5) is 0 Å². The van der Waals surface area contributed by atoms with Gasteiger partial charge in [0.2, 0.25) is 5.91 Å². The third-order valence-electron chi connectivity index (χ3n) is 6.05. The van der Waals surface area contributed by atoms with Gasteiger partial charge in [-0.25, -0.2) is 0 Å². The molecule has 2 aliphatic rings. The Kier molecular flexibility index (Phi) is 5.90. The number of morpholine rings is 1. The fourth-order valence-corrected chi connectivity index (χ4v) is 4.70. The number of para-hydroxylation sites is 1. The van der Waals surface area contributed by atoms with E-state index in [2.05, 4.69) is 13.8 Å². The van der Waals surface area contributed by atoms with E-state index < -0.39 is 11.7 Å². The summed E-state index contributed by atoms with van der Waals surface area (Å²) >= 11 is 0. The number of nitrogens with zero attached hydrogens (tertiary/aromatic N) is 3. The molecule has 1 aromatic carbocycles. The lowest BCUT2D eigenvalue weighted by Crippen LogP contribution is -2.45. The topological polar surface area (TPSA) is 71.9 Å². The van der Waals surface area contributed by atoms with Crippen molar-refractivity contribution in [3.05, 3.63) is 36.0 Å². The number of benzene rings is 1. The Morgan fingerprint density at radius 3 is 2.37 bits per heavy atom. The van der Waals surface area contributed by atoms with Crippen LogP contribution in [0, 0.1) is 11.8 Å². The summed E-state index contributed by atoms with van der Waals surface area (Å²) in [5.74, 6) is -0.181. The summed E-state index contributed by atoms with van der Waals surface area (Å²) in [5, 5.41) is 0.712. The Labute approximate surface area is 176 Å². The summed E-state index contributed by atoms with van der Waals surface area (Å²) in [4.78, 5) is 42.3. The van der Waals surface area contributed by atoms with Crippen LogP contribution in [-0.2, 0) is 20.9 Å². The lowest BCUT2D eigenvalue weighted by Gasteiger charge is -2.34. The van der Waals surface area contributed by atoms with E-state index in [1.54, 1.807) is 20.6 Å². The zero-order chi connectivity index (χ0) is 21.3. The van der Waals surface area contributed by atoms with Crippen LogP contribution in [0.25, 0.3) is 10.9 Å². The molecule has 0 aliphatic carbocycles. The van der Waals surface area contributed by atoms with Crippen molar-refractivity contribution in [2.45, 2.75) is 26.8 Å². The van der Waals surface area contributed by atoms with Crippen LogP contribution in [0.2, 0.25) is 0 Å². The standard InChI is InChI=1S/C23H29N3O4/c1-16-11-17(2)13-26(12-16)23(29)22(28)19-14-25(20-6-4-3-5-18(19)20)15-21(27)24-7-9-30-10-8-24/h3-6,14,16-17H,7-13,15H2,1-2H3/t16-,17+. The van der Waals surface area contributed by atoms with Gasteiger partial charge in [0.15, 0.2) is 0 Å². The number of aromatic nitrogens is 1. The Bertz CT molecular complexity index is 951. The number of ether oxygens (including phenoxy) is 1. The van der Waals surface area contributed by atoms with Crippen LogP contribution in [0.5, 0.6) is 0 Å². The van der Waals surface area contributed by atoms with Gasteiger partial charge < -0.3 is 19.1 Å². The van der Waals surface area contributed by atoms with Gasteiger partial charge >= 0.3 is 0 Å². The predicted molar refractivity (Wildman–Crippen MR) is 113 cm³/mol. The highest BCUT2D eigenvalue weighted by Gasteiger charge is 2.31. The molecule has 30 heavy (non-hydrogen) atoms. The first-order valence-electron chi connectivity index (χ1n) is 10.7. The molecular formula is C23H29N3O4. The molecule has 2 amide bonds. The zero-order valence-corrected chi connectivity index (χ0v) is 17.7. The number of Topliss-reactive ketones (excluding diaryl/α,β-unsaturated/α-hetero) is 1.